The van der Waals surface area contributed by atoms with E-state index in [-0.39, 0.29) is 28.3 Å². The van der Waals surface area contributed by atoms with Gasteiger partial charge in [0.25, 0.3) is 6.02 Å². The van der Waals surface area contributed by atoms with Crippen LogP contribution in [0.5, 0.6) is 0 Å². The highest BCUT2D eigenvalue weighted by atomic mass is 32.2. The molecule has 0 radical (unpaired) electrons. The molecule has 4 rings (SSSR count). The lowest BCUT2D eigenvalue weighted by Gasteiger charge is -2.43. The molecule has 11 heteroatoms. The number of nitrogens with two attached hydrogens (primary N) is 1. The second kappa shape index (κ2) is 7.09. The molecule has 0 fully saturated rings. The van der Waals surface area contributed by atoms with Crippen molar-refractivity contribution >= 4 is 27.3 Å². The predicted molar refractivity (Wildman–Crippen MR) is 106 cm³/mol. The number of carbonyl (C=O) groups excluding carboxylic acids is 1. The van der Waals surface area contributed by atoms with Crippen molar-refractivity contribution in [2.45, 2.75) is 29.2 Å². The lowest BCUT2D eigenvalue weighted by atomic mass is 9.80. The number of Topliss-reactive ketones (excluding diaryl/α,β-unsaturated/α-hetero) is 1. The quantitative estimate of drug-likeness (QED) is 0.572. The maximum atomic E-state index is 15.0. The Labute approximate surface area is 176 Å². The molecule has 2 aliphatic heterocycles. The van der Waals surface area contributed by atoms with E-state index in [0.717, 1.165) is 0 Å². The predicted octanol–water partition coefficient (Wildman–Crippen LogP) is 2.41. The molecule has 1 spiro atoms. The zero-order valence-corrected chi connectivity index (χ0v) is 16.8. The zero-order valence-electron chi connectivity index (χ0n) is 16.0. The Hall–Kier alpha value is -3.39. The molecule has 160 valence electrons. The van der Waals surface area contributed by atoms with Crippen molar-refractivity contribution in [2.24, 2.45) is 10.7 Å². The summed E-state index contributed by atoms with van der Waals surface area (Å²) in [7, 11) is -3.80. The maximum Gasteiger partial charge on any atom is 0.310 e. The van der Waals surface area contributed by atoms with E-state index in [2.05, 4.69) is 14.8 Å². The van der Waals surface area contributed by atoms with Gasteiger partial charge in [0.1, 0.15) is 5.69 Å². The number of halogens is 2. The number of hydrogen-bond acceptors (Lipinski definition) is 7. The topological polar surface area (TPSA) is 116 Å². The molecule has 0 bridgehead atoms. The van der Waals surface area contributed by atoms with Crippen LogP contribution in [0.4, 0.5) is 14.5 Å². The van der Waals surface area contributed by atoms with Crippen LogP contribution >= 0.6 is 0 Å². The fourth-order valence-electron chi connectivity index (χ4n) is 3.78. The number of hydrogen-bond donors (Lipinski definition) is 1. The monoisotopic (exact) mass is 446 g/mol. The van der Waals surface area contributed by atoms with Crippen molar-refractivity contribution in [1.29, 1.82) is 0 Å². The number of fused-ring (bicyclic) bond motifs is 2. The molecule has 0 saturated carbocycles. The molecule has 0 aliphatic carbocycles. The number of ketones is 1. The number of sulfone groups is 1. The summed E-state index contributed by atoms with van der Waals surface area (Å²) in [5.41, 5.74) is 3.88. The van der Waals surface area contributed by atoms with Gasteiger partial charge in [-0.3, -0.25) is 9.78 Å². The Morgan fingerprint density at radius 2 is 2.06 bits per heavy atom. The van der Waals surface area contributed by atoms with E-state index in [1.165, 1.54) is 36.5 Å². The third kappa shape index (κ3) is 3.42. The molecule has 2 aliphatic rings. The van der Waals surface area contributed by atoms with Gasteiger partial charge in [-0.25, -0.2) is 18.3 Å². The molecule has 31 heavy (non-hydrogen) atoms. The first kappa shape index (κ1) is 20.9. The van der Waals surface area contributed by atoms with Gasteiger partial charge in [0.05, 0.1) is 17.2 Å². The Morgan fingerprint density at radius 1 is 1.29 bits per heavy atom. The number of aromatic nitrogens is 1. The zero-order chi connectivity index (χ0) is 22.4. The van der Waals surface area contributed by atoms with Crippen LogP contribution in [0, 0.1) is 6.57 Å². The van der Waals surface area contributed by atoms with Crippen LogP contribution in [-0.2, 0) is 26.5 Å². The first-order chi connectivity index (χ1) is 14.6. The number of nitrogens with zero attached hydrogens (tertiary/aromatic N) is 3. The van der Waals surface area contributed by atoms with Crippen LogP contribution in [-0.4, -0.2) is 43.5 Å². The fraction of sp³-hybridized carbons (Fsp3) is 0.300. The largest absolute Gasteiger partial charge is 0.459 e. The van der Waals surface area contributed by atoms with Crippen LogP contribution in [0.15, 0.2) is 46.4 Å². The van der Waals surface area contributed by atoms with E-state index >= 15 is 0 Å². The molecule has 1 atom stereocenters. The van der Waals surface area contributed by atoms with Crippen LogP contribution < -0.4 is 5.73 Å². The Balaban J connectivity index is 1.78. The first-order valence-electron chi connectivity index (χ1n) is 9.17. The highest BCUT2D eigenvalue weighted by Gasteiger charge is 2.61. The minimum Gasteiger partial charge on any atom is -0.459 e. The number of amidine groups is 1. The van der Waals surface area contributed by atoms with E-state index in [9.17, 15) is 22.0 Å². The van der Waals surface area contributed by atoms with Crippen molar-refractivity contribution < 1.29 is 26.7 Å². The molecule has 8 nitrogen and oxygen atoms in total. The number of aliphatic imine (C=N–C) groups is 1. The summed E-state index contributed by atoms with van der Waals surface area (Å²) >= 11 is 0. The second-order valence-corrected chi connectivity index (χ2v) is 9.39. The molecule has 0 unspecified atom stereocenters. The number of alkyl halides is 2. The van der Waals surface area contributed by atoms with Gasteiger partial charge in [0.15, 0.2) is 27.8 Å². The summed E-state index contributed by atoms with van der Waals surface area (Å²) in [4.78, 5) is 23.3. The van der Waals surface area contributed by atoms with Crippen LogP contribution in [0.2, 0.25) is 0 Å². The van der Waals surface area contributed by atoms with Crippen LogP contribution in [0.3, 0.4) is 0 Å². The van der Waals surface area contributed by atoms with Crippen molar-refractivity contribution in [3.05, 3.63) is 64.8 Å². The van der Waals surface area contributed by atoms with Gasteiger partial charge < -0.3 is 10.5 Å². The molecule has 2 N–H and O–H groups in total. The first-order valence-corrected chi connectivity index (χ1v) is 10.8. The minimum absolute atomic E-state index is 0.103. The van der Waals surface area contributed by atoms with Gasteiger partial charge in [-0.2, -0.15) is 8.78 Å². The molecular formula is C20H16F2N4O4S. The summed E-state index contributed by atoms with van der Waals surface area (Å²) in [5.74, 6) is -4.42. The molecule has 1 aromatic carbocycles. The number of benzene rings is 1. The average Bonchev–Trinajstić information content (AvgIpc) is 2.74. The third-order valence-corrected chi connectivity index (χ3v) is 7.16. The van der Waals surface area contributed by atoms with E-state index in [1.54, 1.807) is 0 Å². The smallest absolute Gasteiger partial charge is 0.310 e. The van der Waals surface area contributed by atoms with E-state index in [0.29, 0.717) is 5.56 Å². The summed E-state index contributed by atoms with van der Waals surface area (Å²) < 4.78 is 59.8. The van der Waals surface area contributed by atoms with Gasteiger partial charge in [-0.15, -0.1) is 0 Å². The average molecular weight is 446 g/mol. The summed E-state index contributed by atoms with van der Waals surface area (Å²) in [5, 5.41) is 0. The standard InChI is InChI=1S/C20H16F2N4O4S/c1-24-13-3-4-15(25-10-13)16(27)9-12-2-5-17-14(8-12)19(6-7-31(17,28)29)20(21,22)11-30-18(23)26-19/h2-5,8,10H,6-7,9,11H2,(H2,23,26)/t19-/m1/s1. The molecule has 0 amide bonds. The van der Waals surface area contributed by atoms with Crippen molar-refractivity contribution in [2.75, 3.05) is 12.4 Å². The highest BCUT2D eigenvalue weighted by Crippen LogP contribution is 2.51. The molecular weight excluding hydrogens is 430 g/mol. The SMILES string of the molecule is [C-]#[N+]c1ccc(C(=O)Cc2ccc3c(c2)[C@@]2(CCS3(=O)=O)N=C(N)OCC2(F)F)nc1. The van der Waals surface area contributed by atoms with Crippen molar-refractivity contribution in [3.63, 3.8) is 0 Å². The van der Waals surface area contributed by atoms with Gasteiger partial charge in [-0.05, 0) is 24.1 Å². The lowest BCUT2D eigenvalue weighted by molar-refractivity contribution is -0.125. The van der Waals surface area contributed by atoms with E-state index < -0.39 is 51.9 Å². The number of pyridine rings is 1. The Kier molecular flexibility index (Phi) is 4.77. The summed E-state index contributed by atoms with van der Waals surface area (Å²) in [6.07, 6.45) is 0.597. The van der Waals surface area contributed by atoms with Crippen LogP contribution in [0.25, 0.3) is 4.85 Å². The van der Waals surface area contributed by atoms with Crippen molar-refractivity contribution in [3.8, 4) is 0 Å². The van der Waals surface area contributed by atoms with Crippen molar-refractivity contribution in [1.82, 2.24) is 4.98 Å². The highest BCUT2D eigenvalue weighted by molar-refractivity contribution is 7.91. The van der Waals surface area contributed by atoms with Crippen LogP contribution in [0.1, 0.15) is 28.0 Å². The van der Waals surface area contributed by atoms with Gasteiger partial charge in [0, 0.05) is 18.2 Å². The Bertz CT molecular complexity index is 1250. The van der Waals surface area contributed by atoms with Gasteiger partial charge >= 0.3 is 5.92 Å². The summed E-state index contributed by atoms with van der Waals surface area (Å²) in [6.45, 7) is 5.90. The molecule has 0 saturated heterocycles. The normalized spacial score (nSPS) is 23.2. The van der Waals surface area contributed by atoms with Gasteiger partial charge in [-0.1, -0.05) is 18.2 Å². The Morgan fingerprint density at radius 3 is 2.74 bits per heavy atom. The van der Waals surface area contributed by atoms with E-state index in [1.807, 2.05) is 0 Å². The number of ether oxygens (including phenoxy) is 1. The number of carbonyl (C=O) groups is 1. The fourth-order valence-corrected chi connectivity index (χ4v) is 5.41. The lowest BCUT2D eigenvalue weighted by Crippen LogP contribution is -2.55. The van der Waals surface area contributed by atoms with E-state index in [4.69, 9.17) is 17.0 Å². The second-order valence-electron chi connectivity index (χ2n) is 7.32. The molecule has 3 heterocycles. The third-order valence-electron chi connectivity index (χ3n) is 5.39. The summed E-state index contributed by atoms with van der Waals surface area (Å²) in [6, 6.07) is 6.31. The number of rotatable bonds is 3. The molecule has 1 aromatic heterocycles. The van der Waals surface area contributed by atoms with Gasteiger partial charge in [0.2, 0.25) is 5.69 Å². The molecule has 2 aromatic rings. The maximum absolute atomic E-state index is 15.0. The minimum atomic E-state index is -3.80.